The van der Waals surface area contributed by atoms with Gasteiger partial charge >= 0.3 is 0 Å². The van der Waals surface area contributed by atoms with Gasteiger partial charge in [0, 0.05) is 47.2 Å². The molecule has 3 nitrogen and oxygen atoms in total. The predicted molar refractivity (Wildman–Crippen MR) is 106 cm³/mol. The minimum Gasteiger partial charge on any atom is -0.362 e. The topological polar surface area (TPSA) is 26.2 Å². The number of hydrogen-bond acceptors (Lipinski definition) is 3. The number of benzene rings is 2. The zero-order valence-electron chi connectivity index (χ0n) is 14.4. The number of rotatable bonds is 4. The maximum Gasteiger partial charge on any atom is 0.138 e. The van der Waals surface area contributed by atoms with Crippen molar-refractivity contribution in [1.82, 2.24) is 9.88 Å². The SMILES string of the molecule is CC(=S)C1(c2cn(Cc3ccccc3)c3ccccc23)CNCCO1. The molecule has 1 fully saturated rings. The summed E-state index contributed by atoms with van der Waals surface area (Å²) in [4.78, 5) is 0.877. The average molecular weight is 350 g/mol. The first-order valence-electron chi connectivity index (χ1n) is 8.69. The van der Waals surface area contributed by atoms with Gasteiger partial charge in [0.25, 0.3) is 0 Å². The van der Waals surface area contributed by atoms with Gasteiger partial charge in [-0.05, 0) is 18.6 Å². The van der Waals surface area contributed by atoms with E-state index >= 15 is 0 Å². The second-order valence-corrected chi connectivity index (χ2v) is 7.19. The van der Waals surface area contributed by atoms with Gasteiger partial charge in [0.2, 0.25) is 0 Å². The fourth-order valence-corrected chi connectivity index (χ4v) is 3.92. The molecule has 0 saturated carbocycles. The summed E-state index contributed by atoms with van der Waals surface area (Å²) in [6.07, 6.45) is 2.22. The van der Waals surface area contributed by atoms with Crippen LogP contribution in [0.15, 0.2) is 60.8 Å². The highest BCUT2D eigenvalue weighted by Crippen LogP contribution is 2.36. The maximum atomic E-state index is 6.27. The van der Waals surface area contributed by atoms with Crippen LogP contribution in [0.2, 0.25) is 0 Å². The highest BCUT2D eigenvalue weighted by molar-refractivity contribution is 7.80. The van der Waals surface area contributed by atoms with E-state index in [1.54, 1.807) is 0 Å². The molecule has 0 spiro atoms. The number of fused-ring (bicyclic) bond motifs is 1. The van der Waals surface area contributed by atoms with E-state index < -0.39 is 5.60 Å². The molecule has 0 aliphatic carbocycles. The van der Waals surface area contributed by atoms with Gasteiger partial charge in [-0.25, -0.2) is 0 Å². The van der Waals surface area contributed by atoms with E-state index in [0.717, 1.165) is 24.5 Å². The van der Waals surface area contributed by atoms with Crippen molar-refractivity contribution in [1.29, 1.82) is 0 Å². The first-order valence-corrected chi connectivity index (χ1v) is 9.09. The van der Waals surface area contributed by atoms with E-state index in [1.807, 2.05) is 6.92 Å². The monoisotopic (exact) mass is 350 g/mol. The minimum absolute atomic E-state index is 0.533. The van der Waals surface area contributed by atoms with Gasteiger partial charge in [-0.15, -0.1) is 0 Å². The normalized spacial score (nSPS) is 20.7. The van der Waals surface area contributed by atoms with Gasteiger partial charge in [0.15, 0.2) is 0 Å². The fourth-order valence-electron chi connectivity index (χ4n) is 3.68. The molecule has 128 valence electrons. The molecule has 1 N–H and O–H groups in total. The molecule has 1 saturated heterocycles. The van der Waals surface area contributed by atoms with Crippen molar-refractivity contribution in [3.05, 3.63) is 71.9 Å². The van der Waals surface area contributed by atoms with Crippen LogP contribution in [-0.4, -0.2) is 29.1 Å². The van der Waals surface area contributed by atoms with E-state index in [1.165, 1.54) is 22.0 Å². The Labute approximate surface area is 153 Å². The lowest BCUT2D eigenvalue weighted by Crippen LogP contribution is -2.51. The minimum atomic E-state index is -0.533. The summed E-state index contributed by atoms with van der Waals surface area (Å²) in [5, 5.41) is 4.67. The molecule has 1 unspecified atom stereocenters. The van der Waals surface area contributed by atoms with Gasteiger partial charge in [-0.1, -0.05) is 60.7 Å². The molecule has 4 heteroatoms. The van der Waals surface area contributed by atoms with Gasteiger partial charge in [0.05, 0.1) is 6.61 Å². The highest BCUT2D eigenvalue weighted by atomic mass is 32.1. The third kappa shape index (κ3) is 2.91. The molecule has 2 aromatic carbocycles. The molecule has 0 radical (unpaired) electrons. The molecule has 3 aromatic rings. The number of thiocarbonyl (C=S) groups is 1. The van der Waals surface area contributed by atoms with E-state index in [2.05, 4.69) is 70.7 Å². The van der Waals surface area contributed by atoms with Crippen molar-refractivity contribution in [2.45, 2.75) is 19.1 Å². The molecule has 1 aliphatic heterocycles. The van der Waals surface area contributed by atoms with Gasteiger partial charge in [-0.3, -0.25) is 0 Å². The lowest BCUT2D eigenvalue weighted by atomic mass is 9.89. The summed E-state index contributed by atoms with van der Waals surface area (Å²) < 4.78 is 8.57. The van der Waals surface area contributed by atoms with Gasteiger partial charge in [0.1, 0.15) is 5.60 Å². The Morgan fingerprint density at radius 1 is 1.16 bits per heavy atom. The molecule has 1 aromatic heterocycles. The number of aromatic nitrogens is 1. The Kier molecular flexibility index (Phi) is 4.42. The number of nitrogens with zero attached hydrogens (tertiary/aromatic N) is 1. The second kappa shape index (κ2) is 6.71. The number of hydrogen-bond donors (Lipinski definition) is 1. The van der Waals surface area contributed by atoms with Gasteiger partial charge in [-0.2, -0.15) is 0 Å². The van der Waals surface area contributed by atoms with Crippen LogP contribution in [0.25, 0.3) is 10.9 Å². The van der Waals surface area contributed by atoms with Crippen LogP contribution in [0.1, 0.15) is 18.1 Å². The van der Waals surface area contributed by atoms with E-state index in [4.69, 9.17) is 17.0 Å². The lowest BCUT2D eigenvalue weighted by molar-refractivity contribution is -0.0169. The Morgan fingerprint density at radius 2 is 1.92 bits per heavy atom. The smallest absolute Gasteiger partial charge is 0.138 e. The third-order valence-electron chi connectivity index (χ3n) is 4.99. The lowest BCUT2D eigenvalue weighted by Gasteiger charge is -2.37. The predicted octanol–water partition coefficient (Wildman–Crippen LogP) is 3.89. The molecule has 1 aliphatic rings. The fraction of sp³-hybridized carbons (Fsp3) is 0.286. The summed E-state index contributed by atoms with van der Waals surface area (Å²) >= 11 is 5.64. The van der Waals surface area contributed by atoms with Crippen molar-refractivity contribution < 1.29 is 4.74 Å². The number of ether oxygens (including phenoxy) is 1. The van der Waals surface area contributed by atoms with Crippen LogP contribution >= 0.6 is 12.2 Å². The van der Waals surface area contributed by atoms with Crippen LogP contribution in [0.5, 0.6) is 0 Å². The molecule has 2 heterocycles. The quantitative estimate of drug-likeness (QED) is 0.723. The van der Waals surface area contributed by atoms with E-state index in [0.29, 0.717) is 6.61 Å². The van der Waals surface area contributed by atoms with Crippen molar-refractivity contribution in [2.75, 3.05) is 19.7 Å². The van der Waals surface area contributed by atoms with Crippen molar-refractivity contribution in [2.24, 2.45) is 0 Å². The van der Waals surface area contributed by atoms with Crippen molar-refractivity contribution in [3.8, 4) is 0 Å². The second-order valence-electron chi connectivity index (χ2n) is 6.58. The Balaban J connectivity index is 1.86. The first kappa shape index (κ1) is 16.5. The van der Waals surface area contributed by atoms with E-state index in [9.17, 15) is 0 Å². The van der Waals surface area contributed by atoms with Crippen LogP contribution in [0.4, 0.5) is 0 Å². The van der Waals surface area contributed by atoms with Crippen molar-refractivity contribution in [3.63, 3.8) is 0 Å². The van der Waals surface area contributed by atoms with E-state index in [-0.39, 0.29) is 0 Å². The average Bonchev–Trinajstić information content (AvgIpc) is 3.02. The number of morpholine rings is 1. The Hall–Kier alpha value is -2.01. The zero-order valence-corrected chi connectivity index (χ0v) is 15.2. The number of nitrogens with one attached hydrogen (secondary N) is 1. The molecule has 1 atom stereocenters. The van der Waals surface area contributed by atoms with Crippen LogP contribution in [0.3, 0.4) is 0 Å². The summed E-state index contributed by atoms with van der Waals surface area (Å²) in [6, 6.07) is 19.0. The molecular weight excluding hydrogens is 328 g/mol. The summed E-state index contributed by atoms with van der Waals surface area (Å²) in [5.41, 5.74) is 3.13. The molecule has 25 heavy (non-hydrogen) atoms. The van der Waals surface area contributed by atoms with Crippen molar-refractivity contribution >= 4 is 28.0 Å². The molecular formula is C21H22N2OS. The largest absolute Gasteiger partial charge is 0.362 e. The maximum absolute atomic E-state index is 6.27. The Morgan fingerprint density at radius 3 is 2.64 bits per heavy atom. The summed E-state index contributed by atoms with van der Waals surface area (Å²) in [6.45, 7) is 5.09. The summed E-state index contributed by atoms with van der Waals surface area (Å²) in [5.74, 6) is 0. The van der Waals surface area contributed by atoms with Crippen LogP contribution < -0.4 is 5.32 Å². The number of para-hydroxylation sites is 1. The highest BCUT2D eigenvalue weighted by Gasteiger charge is 2.39. The molecule has 0 amide bonds. The van der Waals surface area contributed by atoms with Crippen LogP contribution in [-0.2, 0) is 16.9 Å². The standard InChI is InChI=1S/C21H22N2OS/c1-16(25)21(15-22-11-12-24-21)19-14-23(13-17-7-3-2-4-8-17)20-10-6-5-9-18(19)20/h2-10,14,22H,11-13,15H2,1H3. The van der Waals surface area contributed by atoms with Crippen LogP contribution in [0, 0.1) is 0 Å². The summed E-state index contributed by atoms with van der Waals surface area (Å²) in [7, 11) is 0. The molecule has 0 bridgehead atoms. The Bertz CT molecular complexity index is 895. The zero-order chi connectivity index (χ0) is 17.3. The third-order valence-corrected chi connectivity index (χ3v) is 5.32. The first-order chi connectivity index (χ1) is 12.2. The van der Waals surface area contributed by atoms with Gasteiger partial charge < -0.3 is 14.6 Å². The molecule has 4 rings (SSSR count).